The van der Waals surface area contributed by atoms with E-state index in [1.54, 1.807) is 25.8 Å². The molecule has 0 saturated carbocycles. The van der Waals surface area contributed by atoms with Gasteiger partial charge >= 0.3 is 5.97 Å². The van der Waals surface area contributed by atoms with Gasteiger partial charge in [0.1, 0.15) is 15.5 Å². The summed E-state index contributed by atoms with van der Waals surface area (Å²) in [4.78, 5) is 23.5. The number of aromatic nitrogens is 2. The number of carbonyl (C=O) groups is 1. The normalized spacial score (nSPS) is 11.2. The quantitative estimate of drug-likeness (QED) is 0.664. The zero-order chi connectivity index (χ0) is 16.4. The smallest absolute Gasteiger partial charge is 0.348 e. The van der Waals surface area contributed by atoms with Crippen molar-refractivity contribution in [3.05, 3.63) is 15.7 Å². The van der Waals surface area contributed by atoms with Crippen molar-refractivity contribution in [1.82, 2.24) is 9.97 Å². The summed E-state index contributed by atoms with van der Waals surface area (Å²) >= 11 is 7.21. The Morgan fingerprint density at radius 3 is 2.73 bits per heavy atom. The number of fused-ring (bicyclic) bond motifs is 1. The molecule has 0 aliphatic heterocycles. The maximum absolute atomic E-state index is 12.2. The van der Waals surface area contributed by atoms with Gasteiger partial charge in [0.15, 0.2) is 0 Å². The van der Waals surface area contributed by atoms with Gasteiger partial charge in [0.25, 0.3) is 0 Å². The Hall–Kier alpha value is -1.44. The summed E-state index contributed by atoms with van der Waals surface area (Å²) < 4.78 is 5.26. The Labute approximate surface area is 137 Å². The summed E-state index contributed by atoms with van der Waals surface area (Å²) in [5, 5.41) is 9.99. The first-order chi connectivity index (χ1) is 10.3. The summed E-state index contributed by atoms with van der Waals surface area (Å²) in [7, 11) is 1.80. The molecular formula is C14H18ClN3O3S. The van der Waals surface area contributed by atoms with E-state index in [9.17, 15) is 4.79 Å². The number of aliphatic hydroxyl groups is 1. The van der Waals surface area contributed by atoms with Crippen LogP contribution in [0.3, 0.4) is 0 Å². The number of hydrogen-bond donors (Lipinski definition) is 1. The number of aryl methyl sites for hydroxylation is 1. The molecule has 0 aliphatic carbocycles. The maximum Gasteiger partial charge on any atom is 0.348 e. The van der Waals surface area contributed by atoms with Crippen LogP contribution < -0.4 is 4.90 Å². The number of likely N-dealkylation sites (N-methyl/N-ethyl adjacent to an activating group) is 1. The number of aliphatic hydroxyl groups excluding tert-OH is 1. The van der Waals surface area contributed by atoms with Crippen LogP contribution in [0.25, 0.3) is 10.2 Å². The summed E-state index contributed by atoms with van der Waals surface area (Å²) in [5.41, 5.74) is 0.766. The second-order valence-corrected chi connectivity index (χ2v) is 6.49. The van der Waals surface area contributed by atoms with Crippen molar-refractivity contribution in [3.8, 4) is 0 Å². The molecule has 8 heteroatoms. The average Bonchev–Trinajstić information content (AvgIpc) is 2.74. The fraction of sp³-hybridized carbons (Fsp3) is 0.500. The van der Waals surface area contributed by atoms with E-state index in [0.717, 1.165) is 10.9 Å². The summed E-state index contributed by atoms with van der Waals surface area (Å²) in [6, 6.07) is 0. The maximum atomic E-state index is 12.2. The molecule has 0 bridgehead atoms. The van der Waals surface area contributed by atoms with Crippen LogP contribution in [0, 0.1) is 6.92 Å². The lowest BCUT2D eigenvalue weighted by atomic mass is 10.2. The molecule has 0 aliphatic rings. The summed E-state index contributed by atoms with van der Waals surface area (Å²) in [5.74, 6) is 0.226. The van der Waals surface area contributed by atoms with Crippen molar-refractivity contribution < 1.29 is 14.6 Å². The number of rotatable bonds is 5. The van der Waals surface area contributed by atoms with Crippen molar-refractivity contribution in [2.24, 2.45) is 0 Å². The zero-order valence-corrected chi connectivity index (χ0v) is 14.5. The number of nitrogens with zero attached hydrogens (tertiary/aromatic N) is 3. The van der Waals surface area contributed by atoms with Gasteiger partial charge in [-0.05, 0) is 37.9 Å². The van der Waals surface area contributed by atoms with Crippen LogP contribution in [-0.4, -0.2) is 47.3 Å². The van der Waals surface area contributed by atoms with Gasteiger partial charge in [0, 0.05) is 13.6 Å². The Bertz CT molecular complexity index is 702. The fourth-order valence-electron chi connectivity index (χ4n) is 2.09. The molecule has 0 amide bonds. The second-order valence-electron chi connectivity index (χ2n) is 5.15. The van der Waals surface area contributed by atoms with E-state index in [0.29, 0.717) is 22.1 Å². The predicted molar refractivity (Wildman–Crippen MR) is 88.1 cm³/mol. The Balaban J connectivity index is 2.58. The molecule has 0 aromatic carbocycles. The molecule has 0 radical (unpaired) electrons. The zero-order valence-electron chi connectivity index (χ0n) is 12.9. The highest BCUT2D eigenvalue weighted by Gasteiger charge is 2.23. The van der Waals surface area contributed by atoms with E-state index in [-0.39, 0.29) is 24.0 Å². The lowest BCUT2D eigenvalue weighted by Crippen LogP contribution is -2.22. The van der Waals surface area contributed by atoms with Gasteiger partial charge < -0.3 is 14.7 Å². The number of halogens is 1. The molecule has 2 heterocycles. The number of hydrogen-bond acceptors (Lipinski definition) is 7. The molecule has 2 aromatic heterocycles. The van der Waals surface area contributed by atoms with Crippen LogP contribution in [-0.2, 0) is 4.74 Å². The van der Waals surface area contributed by atoms with Crippen molar-refractivity contribution >= 4 is 44.9 Å². The molecule has 0 saturated heterocycles. The fourth-order valence-corrected chi connectivity index (χ4v) is 3.36. The Morgan fingerprint density at radius 2 is 2.14 bits per heavy atom. The van der Waals surface area contributed by atoms with Gasteiger partial charge in [-0.25, -0.2) is 9.78 Å². The van der Waals surface area contributed by atoms with Gasteiger partial charge in [0.2, 0.25) is 5.28 Å². The van der Waals surface area contributed by atoms with Gasteiger partial charge in [-0.2, -0.15) is 4.98 Å². The SMILES string of the molecule is Cc1c(C(=O)OC(C)C)sc2nc(Cl)nc(N(C)CCO)c12. The number of carbonyl (C=O) groups excluding carboxylic acids is 1. The number of ether oxygens (including phenoxy) is 1. The first-order valence-corrected chi connectivity index (χ1v) is 8.04. The molecule has 2 rings (SSSR count). The summed E-state index contributed by atoms with van der Waals surface area (Å²) in [6.45, 7) is 5.84. The van der Waals surface area contributed by atoms with E-state index in [4.69, 9.17) is 21.4 Å². The molecule has 2 aromatic rings. The topological polar surface area (TPSA) is 75.5 Å². The standard InChI is InChI=1S/C14H18ClN3O3S/c1-7(2)21-13(20)10-8(3)9-11(18(4)5-6-19)16-14(15)17-12(9)22-10/h7,19H,5-6H2,1-4H3. The lowest BCUT2D eigenvalue weighted by molar-refractivity contribution is 0.0383. The minimum absolute atomic E-state index is 0.00888. The van der Waals surface area contributed by atoms with Crippen LogP contribution >= 0.6 is 22.9 Å². The average molecular weight is 344 g/mol. The minimum atomic E-state index is -0.373. The van der Waals surface area contributed by atoms with Gasteiger partial charge in [0.05, 0.1) is 18.1 Å². The van der Waals surface area contributed by atoms with E-state index in [1.807, 2.05) is 6.92 Å². The minimum Gasteiger partial charge on any atom is -0.459 e. The van der Waals surface area contributed by atoms with Crippen LogP contribution in [0.15, 0.2) is 0 Å². The summed E-state index contributed by atoms with van der Waals surface area (Å²) in [6.07, 6.45) is -0.191. The molecule has 0 fully saturated rings. The molecule has 6 nitrogen and oxygen atoms in total. The van der Waals surface area contributed by atoms with Crippen LogP contribution in [0.5, 0.6) is 0 Å². The highest BCUT2D eigenvalue weighted by atomic mass is 35.5. The molecule has 22 heavy (non-hydrogen) atoms. The molecule has 0 unspecified atom stereocenters. The van der Waals surface area contributed by atoms with Crippen molar-refractivity contribution in [2.45, 2.75) is 26.9 Å². The number of esters is 1. The van der Waals surface area contributed by atoms with Crippen molar-refractivity contribution in [2.75, 3.05) is 25.1 Å². The third kappa shape index (κ3) is 3.31. The van der Waals surface area contributed by atoms with Gasteiger partial charge in [-0.3, -0.25) is 0 Å². The second kappa shape index (κ2) is 6.76. The van der Waals surface area contributed by atoms with Gasteiger partial charge in [-0.1, -0.05) is 0 Å². The van der Waals surface area contributed by atoms with Crippen molar-refractivity contribution in [1.29, 1.82) is 0 Å². The number of thiophene rings is 1. The monoisotopic (exact) mass is 343 g/mol. The van der Waals surface area contributed by atoms with E-state index in [2.05, 4.69) is 9.97 Å². The largest absolute Gasteiger partial charge is 0.459 e. The first-order valence-electron chi connectivity index (χ1n) is 6.84. The van der Waals surface area contributed by atoms with E-state index >= 15 is 0 Å². The third-order valence-corrected chi connectivity index (χ3v) is 4.40. The lowest BCUT2D eigenvalue weighted by Gasteiger charge is -2.18. The highest BCUT2D eigenvalue weighted by Crippen LogP contribution is 2.36. The molecule has 0 spiro atoms. The molecule has 0 atom stereocenters. The molecule has 1 N–H and O–H groups in total. The van der Waals surface area contributed by atoms with Gasteiger partial charge in [-0.15, -0.1) is 11.3 Å². The molecule has 120 valence electrons. The Morgan fingerprint density at radius 1 is 1.45 bits per heavy atom. The van der Waals surface area contributed by atoms with Crippen molar-refractivity contribution in [3.63, 3.8) is 0 Å². The van der Waals surface area contributed by atoms with E-state index < -0.39 is 0 Å². The van der Waals surface area contributed by atoms with Crippen LogP contribution in [0.2, 0.25) is 5.28 Å². The number of anilines is 1. The highest BCUT2D eigenvalue weighted by molar-refractivity contribution is 7.20. The van der Waals surface area contributed by atoms with Crippen LogP contribution in [0.1, 0.15) is 29.1 Å². The third-order valence-electron chi connectivity index (χ3n) is 3.07. The first kappa shape index (κ1) is 16.9. The Kier molecular flexibility index (Phi) is 5.20. The predicted octanol–water partition coefficient (Wildman–Crippen LogP) is 2.65. The molecular weight excluding hydrogens is 326 g/mol. The van der Waals surface area contributed by atoms with E-state index in [1.165, 1.54) is 11.3 Å². The van der Waals surface area contributed by atoms with Crippen LogP contribution in [0.4, 0.5) is 5.82 Å².